The lowest BCUT2D eigenvalue weighted by Crippen LogP contribution is -1.96. The number of benzene rings is 1. The summed E-state index contributed by atoms with van der Waals surface area (Å²) >= 11 is 0. The van der Waals surface area contributed by atoms with Crippen molar-refractivity contribution >= 4 is 11.7 Å². The van der Waals surface area contributed by atoms with Crippen LogP contribution in [0.5, 0.6) is 0 Å². The maximum absolute atomic E-state index is 10.9. The summed E-state index contributed by atoms with van der Waals surface area (Å²) in [5.41, 5.74) is 0.664. The monoisotopic (exact) mass is 192 g/mol. The minimum absolute atomic E-state index is 0.354. The predicted octanol–water partition coefficient (Wildman–Crippen LogP) is 3.03. The molecule has 0 unspecified atom stereocenters. The molecule has 74 valence electrons. The lowest BCUT2D eigenvalue weighted by molar-refractivity contribution is -0.144. The lowest BCUT2D eigenvalue weighted by atomic mass is 10.3. The van der Waals surface area contributed by atoms with Crippen LogP contribution in [-0.4, -0.2) is 5.97 Å². The Bertz CT molecular complexity index is 309. The first-order valence-corrected chi connectivity index (χ1v) is 4.49. The normalized spacial score (nSPS) is 10.4. The van der Waals surface area contributed by atoms with Gasteiger partial charge in [-0.1, -0.05) is 25.1 Å². The molecule has 0 aliphatic heterocycles. The van der Waals surface area contributed by atoms with Gasteiger partial charge in [0.25, 0.3) is 0 Å². The Morgan fingerprint density at radius 2 is 2.07 bits per heavy atom. The number of hydrogen-bond acceptors (Lipinski definition) is 4. The van der Waals surface area contributed by atoms with Crippen LogP contribution in [0.15, 0.2) is 40.7 Å². The van der Waals surface area contributed by atoms with Gasteiger partial charge in [0.15, 0.2) is 0 Å². The van der Waals surface area contributed by atoms with E-state index < -0.39 is 0 Å². The Balaban J connectivity index is 2.38. The fourth-order valence-electron chi connectivity index (χ4n) is 0.858. The van der Waals surface area contributed by atoms with Crippen LogP contribution >= 0.6 is 0 Å². The number of nitrogens with zero attached hydrogens (tertiary/aromatic N) is 2. The Labute approximate surface area is 82.6 Å². The van der Waals surface area contributed by atoms with Crippen molar-refractivity contribution in [2.45, 2.75) is 19.8 Å². The van der Waals surface area contributed by atoms with Crippen LogP contribution < -0.4 is 0 Å². The van der Waals surface area contributed by atoms with E-state index in [1.54, 1.807) is 12.1 Å². The molecule has 0 N–H and O–H groups in total. The van der Waals surface area contributed by atoms with Crippen LogP contribution in [0.1, 0.15) is 19.8 Å². The zero-order valence-electron chi connectivity index (χ0n) is 8.01. The summed E-state index contributed by atoms with van der Waals surface area (Å²) in [6.45, 7) is 1.90. The molecule has 4 nitrogen and oxygen atoms in total. The smallest absolute Gasteiger partial charge is 0.300 e. The average molecular weight is 192 g/mol. The molecule has 4 heteroatoms. The molecule has 0 spiro atoms. The van der Waals surface area contributed by atoms with Crippen LogP contribution in [0.3, 0.4) is 0 Å². The summed E-state index contributed by atoms with van der Waals surface area (Å²) in [5.74, 6) is -0.354. The molecule has 14 heavy (non-hydrogen) atoms. The highest BCUT2D eigenvalue weighted by molar-refractivity contribution is 5.68. The van der Waals surface area contributed by atoms with E-state index in [0.29, 0.717) is 12.1 Å². The van der Waals surface area contributed by atoms with Gasteiger partial charge in [-0.3, -0.25) is 4.84 Å². The second-order valence-corrected chi connectivity index (χ2v) is 2.73. The SMILES string of the molecule is CCCC(=O)ON=Nc1ccccc1. The molecule has 1 rings (SSSR count). The number of carbonyl (C=O) groups is 1. The molecule has 0 saturated carbocycles. The van der Waals surface area contributed by atoms with Crippen molar-refractivity contribution in [1.29, 1.82) is 0 Å². The molecular formula is C10H12N2O2. The fourth-order valence-corrected chi connectivity index (χ4v) is 0.858. The van der Waals surface area contributed by atoms with Gasteiger partial charge in [-0.25, -0.2) is 4.79 Å². The molecule has 0 heterocycles. The molecule has 1 aromatic carbocycles. The molecule has 0 amide bonds. The van der Waals surface area contributed by atoms with Gasteiger partial charge in [-0.05, 0) is 18.6 Å². The van der Waals surface area contributed by atoms with E-state index in [-0.39, 0.29) is 5.97 Å². The maximum atomic E-state index is 10.9. The number of carbonyl (C=O) groups excluding carboxylic acids is 1. The van der Waals surface area contributed by atoms with Gasteiger partial charge < -0.3 is 0 Å². The van der Waals surface area contributed by atoms with E-state index in [1.807, 2.05) is 25.1 Å². The number of hydrogen-bond donors (Lipinski definition) is 0. The summed E-state index contributed by atoms with van der Waals surface area (Å²) < 4.78 is 0. The van der Waals surface area contributed by atoms with Gasteiger partial charge in [0, 0.05) is 11.7 Å². The quantitative estimate of drug-likeness (QED) is 0.543. The third-order valence-corrected chi connectivity index (χ3v) is 1.51. The third kappa shape index (κ3) is 3.80. The van der Waals surface area contributed by atoms with Gasteiger partial charge in [0.05, 0.1) is 5.69 Å². The molecule has 0 aliphatic carbocycles. The topological polar surface area (TPSA) is 51.0 Å². The summed E-state index contributed by atoms with van der Waals surface area (Å²) in [6.07, 6.45) is 1.12. The Hall–Kier alpha value is -1.71. The molecule has 0 aliphatic rings. The maximum Gasteiger partial charge on any atom is 0.336 e. The van der Waals surface area contributed by atoms with Crippen LogP contribution in [-0.2, 0) is 9.63 Å². The third-order valence-electron chi connectivity index (χ3n) is 1.51. The fraction of sp³-hybridized carbons (Fsp3) is 0.300. The van der Waals surface area contributed by atoms with E-state index in [2.05, 4.69) is 15.2 Å². The van der Waals surface area contributed by atoms with E-state index >= 15 is 0 Å². The highest BCUT2D eigenvalue weighted by atomic mass is 16.7. The van der Waals surface area contributed by atoms with Crippen molar-refractivity contribution in [2.24, 2.45) is 10.4 Å². The van der Waals surface area contributed by atoms with E-state index in [9.17, 15) is 4.79 Å². The molecular weight excluding hydrogens is 180 g/mol. The van der Waals surface area contributed by atoms with Crippen molar-refractivity contribution < 1.29 is 9.63 Å². The number of rotatable bonds is 4. The molecule has 0 atom stereocenters. The van der Waals surface area contributed by atoms with E-state index in [4.69, 9.17) is 0 Å². The van der Waals surface area contributed by atoms with Crippen molar-refractivity contribution in [2.75, 3.05) is 0 Å². The summed E-state index contributed by atoms with van der Waals surface area (Å²) in [5, 5.41) is 7.05. The first kappa shape index (κ1) is 10.4. The first-order valence-electron chi connectivity index (χ1n) is 4.49. The standard InChI is InChI=1S/C10H12N2O2/c1-2-6-10(13)14-12-11-9-7-4-3-5-8-9/h3-5,7-8H,2,6H2,1H3. The summed E-state index contributed by atoms with van der Waals surface area (Å²) in [6, 6.07) is 9.10. The second kappa shape index (κ2) is 5.85. The molecule has 0 bridgehead atoms. The Morgan fingerprint density at radius 1 is 1.36 bits per heavy atom. The largest absolute Gasteiger partial charge is 0.336 e. The highest BCUT2D eigenvalue weighted by Gasteiger charge is 1.98. The van der Waals surface area contributed by atoms with Crippen LogP contribution in [0.2, 0.25) is 0 Å². The van der Waals surface area contributed by atoms with Gasteiger partial charge in [-0.2, -0.15) is 0 Å². The van der Waals surface area contributed by atoms with Gasteiger partial charge in [0.2, 0.25) is 0 Å². The van der Waals surface area contributed by atoms with Crippen LogP contribution in [0.4, 0.5) is 5.69 Å². The van der Waals surface area contributed by atoms with Crippen molar-refractivity contribution in [3.8, 4) is 0 Å². The minimum Gasteiger partial charge on any atom is -0.300 e. The van der Waals surface area contributed by atoms with Crippen LogP contribution in [0, 0.1) is 0 Å². The minimum atomic E-state index is -0.354. The summed E-state index contributed by atoms with van der Waals surface area (Å²) in [4.78, 5) is 15.4. The molecule has 0 saturated heterocycles. The van der Waals surface area contributed by atoms with E-state index in [1.165, 1.54) is 0 Å². The van der Waals surface area contributed by atoms with E-state index in [0.717, 1.165) is 6.42 Å². The lowest BCUT2D eigenvalue weighted by Gasteiger charge is -1.92. The average Bonchev–Trinajstić information content (AvgIpc) is 2.20. The molecule has 0 aromatic heterocycles. The van der Waals surface area contributed by atoms with Gasteiger partial charge in [0.1, 0.15) is 0 Å². The van der Waals surface area contributed by atoms with Crippen molar-refractivity contribution in [3.63, 3.8) is 0 Å². The van der Waals surface area contributed by atoms with Gasteiger partial charge >= 0.3 is 5.97 Å². The summed E-state index contributed by atoms with van der Waals surface area (Å²) in [7, 11) is 0. The first-order chi connectivity index (χ1) is 6.83. The second-order valence-electron chi connectivity index (χ2n) is 2.73. The predicted molar refractivity (Wildman–Crippen MR) is 52.0 cm³/mol. The van der Waals surface area contributed by atoms with Gasteiger partial charge in [-0.15, -0.1) is 5.11 Å². The molecule has 0 radical (unpaired) electrons. The highest BCUT2D eigenvalue weighted by Crippen LogP contribution is 2.10. The zero-order valence-corrected chi connectivity index (χ0v) is 8.01. The van der Waals surface area contributed by atoms with Crippen molar-refractivity contribution in [1.82, 2.24) is 0 Å². The molecule has 0 fully saturated rings. The Morgan fingerprint density at radius 3 is 2.71 bits per heavy atom. The van der Waals surface area contributed by atoms with Crippen LogP contribution in [0.25, 0.3) is 0 Å². The van der Waals surface area contributed by atoms with Crippen molar-refractivity contribution in [3.05, 3.63) is 30.3 Å². The molecule has 1 aromatic rings. The zero-order chi connectivity index (χ0) is 10.2. The Kier molecular flexibility index (Phi) is 4.34.